The first-order valence-electron chi connectivity index (χ1n) is 5.29. The highest BCUT2D eigenvalue weighted by molar-refractivity contribution is 7.80. The van der Waals surface area contributed by atoms with Crippen LogP contribution in [0.25, 0.3) is 0 Å². The molecule has 0 aliphatic heterocycles. The van der Waals surface area contributed by atoms with E-state index in [1.165, 1.54) is 0 Å². The molecule has 0 aliphatic rings. The number of carbonyl (C=O) groups is 1. The molecular formula is C12H16N2O2S. The first-order chi connectivity index (χ1) is 8.11. The molecule has 0 saturated heterocycles. The van der Waals surface area contributed by atoms with Crippen molar-refractivity contribution in [3.05, 3.63) is 29.8 Å². The smallest absolute Gasteiger partial charge is 0.226 e. The van der Waals surface area contributed by atoms with Gasteiger partial charge in [-0.05, 0) is 24.1 Å². The van der Waals surface area contributed by atoms with Crippen LogP contribution in [0, 0.1) is 0 Å². The monoisotopic (exact) mass is 252 g/mol. The average Bonchev–Trinajstić information content (AvgIpc) is 2.29. The van der Waals surface area contributed by atoms with Gasteiger partial charge in [-0.15, -0.1) is 0 Å². The lowest BCUT2D eigenvalue weighted by Crippen LogP contribution is -2.29. The van der Waals surface area contributed by atoms with Gasteiger partial charge in [0.15, 0.2) is 0 Å². The summed E-state index contributed by atoms with van der Waals surface area (Å²) in [6.45, 7) is 0.577. The molecule has 0 atom stereocenters. The van der Waals surface area contributed by atoms with Crippen LogP contribution in [0.4, 0.5) is 0 Å². The van der Waals surface area contributed by atoms with Crippen molar-refractivity contribution >= 4 is 23.1 Å². The van der Waals surface area contributed by atoms with E-state index in [0.29, 0.717) is 6.54 Å². The van der Waals surface area contributed by atoms with Crippen molar-refractivity contribution in [3.63, 3.8) is 0 Å². The number of rotatable bonds is 6. The van der Waals surface area contributed by atoms with E-state index in [-0.39, 0.29) is 17.3 Å². The molecule has 1 rings (SSSR count). The molecule has 0 aromatic heterocycles. The number of thiocarbonyl (C=S) groups is 1. The fourth-order valence-electron chi connectivity index (χ4n) is 1.36. The lowest BCUT2D eigenvalue weighted by Gasteiger charge is -2.05. The fourth-order valence-corrected chi connectivity index (χ4v) is 1.49. The molecule has 0 aliphatic carbocycles. The third-order valence-electron chi connectivity index (χ3n) is 2.23. The van der Waals surface area contributed by atoms with E-state index >= 15 is 0 Å². The van der Waals surface area contributed by atoms with Gasteiger partial charge in [0.1, 0.15) is 5.75 Å². The van der Waals surface area contributed by atoms with E-state index in [1.807, 2.05) is 24.3 Å². The molecule has 0 saturated carbocycles. The summed E-state index contributed by atoms with van der Waals surface area (Å²) in [5.74, 6) is 0.692. The van der Waals surface area contributed by atoms with Crippen LogP contribution in [0.3, 0.4) is 0 Å². The molecule has 4 nitrogen and oxygen atoms in total. The van der Waals surface area contributed by atoms with E-state index in [9.17, 15) is 4.79 Å². The Morgan fingerprint density at radius 3 is 2.59 bits per heavy atom. The van der Waals surface area contributed by atoms with Crippen LogP contribution in [0.1, 0.15) is 12.0 Å². The molecule has 17 heavy (non-hydrogen) atoms. The van der Waals surface area contributed by atoms with Crippen LogP contribution in [0.15, 0.2) is 24.3 Å². The van der Waals surface area contributed by atoms with Gasteiger partial charge < -0.3 is 15.8 Å². The molecule has 0 radical (unpaired) electrons. The molecule has 1 aromatic rings. The number of methoxy groups -OCH3 is 1. The molecular weight excluding hydrogens is 236 g/mol. The lowest BCUT2D eigenvalue weighted by molar-refractivity contribution is -0.119. The van der Waals surface area contributed by atoms with Crippen LogP contribution < -0.4 is 15.8 Å². The van der Waals surface area contributed by atoms with Gasteiger partial charge in [-0.1, -0.05) is 24.4 Å². The van der Waals surface area contributed by atoms with Gasteiger partial charge in [0.2, 0.25) is 5.91 Å². The van der Waals surface area contributed by atoms with Crippen LogP contribution in [0.5, 0.6) is 5.75 Å². The molecule has 92 valence electrons. The predicted molar refractivity (Wildman–Crippen MR) is 71.1 cm³/mol. The highest BCUT2D eigenvalue weighted by atomic mass is 32.1. The van der Waals surface area contributed by atoms with Gasteiger partial charge in [-0.3, -0.25) is 4.79 Å². The number of amides is 1. The number of ether oxygens (including phenoxy) is 1. The highest BCUT2D eigenvalue weighted by Gasteiger charge is 2.02. The SMILES string of the molecule is COc1ccc(CCNC(=O)CC(N)=S)cc1. The maximum Gasteiger partial charge on any atom is 0.226 e. The molecule has 3 N–H and O–H groups in total. The first-order valence-corrected chi connectivity index (χ1v) is 5.70. The summed E-state index contributed by atoms with van der Waals surface area (Å²) in [6.07, 6.45) is 0.880. The topological polar surface area (TPSA) is 64.3 Å². The number of benzene rings is 1. The Morgan fingerprint density at radius 2 is 2.06 bits per heavy atom. The average molecular weight is 252 g/mol. The summed E-state index contributed by atoms with van der Waals surface area (Å²) < 4.78 is 5.06. The second-order valence-corrected chi connectivity index (χ2v) is 4.12. The van der Waals surface area contributed by atoms with Crippen molar-refractivity contribution in [3.8, 4) is 5.75 Å². The molecule has 0 heterocycles. The maximum atomic E-state index is 11.2. The molecule has 0 fully saturated rings. The number of hydrogen-bond donors (Lipinski definition) is 2. The second-order valence-electron chi connectivity index (χ2n) is 3.59. The normalized spacial score (nSPS) is 9.71. The minimum Gasteiger partial charge on any atom is -0.497 e. The van der Waals surface area contributed by atoms with Crippen LogP contribution in [-0.2, 0) is 11.2 Å². The van der Waals surface area contributed by atoms with Crippen molar-refractivity contribution < 1.29 is 9.53 Å². The Morgan fingerprint density at radius 1 is 1.41 bits per heavy atom. The summed E-state index contributed by atoms with van der Waals surface area (Å²) in [6, 6.07) is 7.73. The van der Waals surface area contributed by atoms with Gasteiger partial charge in [0.05, 0.1) is 18.5 Å². The zero-order valence-corrected chi connectivity index (χ0v) is 10.5. The van der Waals surface area contributed by atoms with E-state index in [1.54, 1.807) is 7.11 Å². The van der Waals surface area contributed by atoms with Crippen LogP contribution >= 0.6 is 12.2 Å². The predicted octanol–water partition coefficient (Wildman–Crippen LogP) is 1.03. The molecule has 0 bridgehead atoms. The summed E-state index contributed by atoms with van der Waals surface area (Å²) in [7, 11) is 1.63. The highest BCUT2D eigenvalue weighted by Crippen LogP contribution is 2.11. The van der Waals surface area contributed by atoms with Gasteiger partial charge in [-0.25, -0.2) is 0 Å². The number of hydrogen-bond acceptors (Lipinski definition) is 3. The molecule has 0 unspecified atom stereocenters. The largest absolute Gasteiger partial charge is 0.497 e. The zero-order valence-electron chi connectivity index (χ0n) is 9.73. The number of carbonyl (C=O) groups excluding carboxylic acids is 1. The van der Waals surface area contributed by atoms with Gasteiger partial charge in [0, 0.05) is 6.54 Å². The Labute approximate surface area is 106 Å². The van der Waals surface area contributed by atoms with Gasteiger partial charge in [-0.2, -0.15) is 0 Å². The van der Waals surface area contributed by atoms with Crippen molar-refractivity contribution in [1.29, 1.82) is 0 Å². The van der Waals surface area contributed by atoms with Crippen LogP contribution in [0.2, 0.25) is 0 Å². The Kier molecular flexibility index (Phi) is 5.42. The standard InChI is InChI=1S/C12H16N2O2S/c1-16-10-4-2-9(3-5-10)6-7-14-12(15)8-11(13)17/h2-5H,6-8H2,1H3,(H2,13,17)(H,14,15). The van der Waals surface area contributed by atoms with E-state index in [4.69, 9.17) is 10.5 Å². The van der Waals surface area contributed by atoms with Crippen LogP contribution in [-0.4, -0.2) is 24.6 Å². The minimum absolute atomic E-state index is 0.109. The van der Waals surface area contributed by atoms with Gasteiger partial charge in [0.25, 0.3) is 0 Å². The molecule has 0 spiro atoms. The number of nitrogens with two attached hydrogens (primary N) is 1. The summed E-state index contributed by atoms with van der Waals surface area (Å²) in [4.78, 5) is 11.5. The summed E-state index contributed by atoms with van der Waals surface area (Å²) in [5.41, 5.74) is 6.41. The Hall–Kier alpha value is -1.62. The molecule has 5 heteroatoms. The Bertz CT molecular complexity index is 390. The fraction of sp³-hybridized carbons (Fsp3) is 0.333. The third-order valence-corrected chi connectivity index (χ3v) is 2.37. The molecule has 1 amide bonds. The zero-order chi connectivity index (χ0) is 12.7. The molecule has 1 aromatic carbocycles. The second kappa shape index (κ2) is 6.85. The minimum atomic E-state index is -0.133. The van der Waals surface area contributed by atoms with Gasteiger partial charge >= 0.3 is 0 Å². The third kappa shape index (κ3) is 5.31. The van der Waals surface area contributed by atoms with Crippen molar-refractivity contribution in [1.82, 2.24) is 5.32 Å². The first kappa shape index (κ1) is 13.4. The maximum absolute atomic E-state index is 11.2. The van der Waals surface area contributed by atoms with E-state index < -0.39 is 0 Å². The van der Waals surface area contributed by atoms with Crippen molar-refractivity contribution in [2.45, 2.75) is 12.8 Å². The van der Waals surface area contributed by atoms with E-state index in [0.717, 1.165) is 17.7 Å². The van der Waals surface area contributed by atoms with Crippen molar-refractivity contribution in [2.75, 3.05) is 13.7 Å². The Balaban J connectivity index is 2.30. The number of nitrogens with one attached hydrogen (secondary N) is 1. The quantitative estimate of drug-likeness (QED) is 0.742. The van der Waals surface area contributed by atoms with Crippen molar-refractivity contribution in [2.24, 2.45) is 5.73 Å². The lowest BCUT2D eigenvalue weighted by atomic mass is 10.1. The summed E-state index contributed by atoms with van der Waals surface area (Å²) in [5, 5.41) is 2.75. The van der Waals surface area contributed by atoms with E-state index in [2.05, 4.69) is 17.5 Å². The summed E-state index contributed by atoms with van der Waals surface area (Å²) >= 11 is 4.65.